The SMILES string of the molecule is CCCCC/C=C\C/C=C\C/C=C\C/C=C\CCCC(=O)OC(CO)COP(OC)OCCN. The third-order valence-electron chi connectivity index (χ3n) is 4.54. The number of unbranched alkanes of at least 4 members (excludes halogenated alkanes) is 4. The maximum absolute atomic E-state index is 12.0. The van der Waals surface area contributed by atoms with Crippen LogP contribution in [0.5, 0.6) is 0 Å². The van der Waals surface area contributed by atoms with E-state index in [1.807, 2.05) is 0 Å². The zero-order valence-electron chi connectivity index (χ0n) is 21.1. The van der Waals surface area contributed by atoms with Crippen LogP contribution in [-0.4, -0.2) is 50.7 Å². The molecule has 0 aliphatic carbocycles. The zero-order chi connectivity index (χ0) is 25.1. The van der Waals surface area contributed by atoms with E-state index in [-0.39, 0.29) is 25.6 Å². The number of hydrogen-bond acceptors (Lipinski definition) is 7. The van der Waals surface area contributed by atoms with Crippen LogP contribution in [0.15, 0.2) is 48.6 Å². The van der Waals surface area contributed by atoms with Crippen LogP contribution in [0.1, 0.15) is 71.1 Å². The molecule has 0 fully saturated rings. The van der Waals surface area contributed by atoms with Crippen molar-refractivity contribution in [1.29, 1.82) is 0 Å². The summed E-state index contributed by atoms with van der Waals surface area (Å²) in [5.74, 6) is -0.358. The Hall–Kier alpha value is -1.34. The number of ether oxygens (including phenoxy) is 1. The number of carbonyl (C=O) groups excluding carboxylic acids is 1. The summed E-state index contributed by atoms with van der Waals surface area (Å²) in [4.78, 5) is 12.0. The highest BCUT2D eigenvalue weighted by molar-refractivity contribution is 7.41. The Morgan fingerprint density at radius 2 is 1.50 bits per heavy atom. The minimum Gasteiger partial charge on any atom is -0.457 e. The number of aliphatic hydroxyl groups is 1. The average Bonchev–Trinajstić information content (AvgIpc) is 2.85. The topological polar surface area (TPSA) is 100 Å². The molecule has 0 rings (SSSR count). The Labute approximate surface area is 208 Å². The molecule has 0 radical (unpaired) electrons. The second-order valence-electron chi connectivity index (χ2n) is 7.60. The molecule has 7 nitrogen and oxygen atoms in total. The fourth-order valence-electron chi connectivity index (χ4n) is 2.71. The minimum absolute atomic E-state index is 0.00350. The predicted molar refractivity (Wildman–Crippen MR) is 140 cm³/mol. The summed E-state index contributed by atoms with van der Waals surface area (Å²) in [6.07, 6.45) is 26.3. The first-order valence-electron chi connectivity index (χ1n) is 12.4. The van der Waals surface area contributed by atoms with Crippen molar-refractivity contribution >= 4 is 14.6 Å². The van der Waals surface area contributed by atoms with Gasteiger partial charge in [0.25, 0.3) is 0 Å². The first-order valence-corrected chi connectivity index (χ1v) is 13.5. The Morgan fingerprint density at radius 1 is 0.912 bits per heavy atom. The molecule has 0 saturated carbocycles. The third-order valence-corrected chi connectivity index (χ3v) is 5.59. The van der Waals surface area contributed by atoms with Crippen molar-refractivity contribution in [3.8, 4) is 0 Å². The maximum Gasteiger partial charge on any atom is 0.332 e. The van der Waals surface area contributed by atoms with Crippen LogP contribution in [0, 0.1) is 0 Å². The number of rotatable bonds is 23. The summed E-state index contributed by atoms with van der Waals surface area (Å²) >= 11 is 0. The van der Waals surface area contributed by atoms with Gasteiger partial charge < -0.3 is 29.1 Å². The van der Waals surface area contributed by atoms with Gasteiger partial charge in [0.05, 0.1) is 19.8 Å². The van der Waals surface area contributed by atoms with Crippen LogP contribution >= 0.6 is 8.60 Å². The fourth-order valence-corrected chi connectivity index (χ4v) is 3.54. The highest BCUT2D eigenvalue weighted by Gasteiger charge is 2.18. The molecular formula is C26H46NO6P. The van der Waals surface area contributed by atoms with Gasteiger partial charge in [0.2, 0.25) is 0 Å². The molecule has 0 bridgehead atoms. The smallest absolute Gasteiger partial charge is 0.332 e. The van der Waals surface area contributed by atoms with Gasteiger partial charge in [-0.1, -0.05) is 68.4 Å². The lowest BCUT2D eigenvalue weighted by Gasteiger charge is -2.19. The van der Waals surface area contributed by atoms with E-state index >= 15 is 0 Å². The van der Waals surface area contributed by atoms with Crippen LogP contribution in [0.25, 0.3) is 0 Å². The predicted octanol–water partition coefficient (Wildman–Crippen LogP) is 5.90. The van der Waals surface area contributed by atoms with Gasteiger partial charge in [-0.25, -0.2) is 0 Å². The summed E-state index contributed by atoms with van der Waals surface area (Å²) in [6.45, 7) is 2.56. The number of carbonyl (C=O) groups is 1. The lowest BCUT2D eigenvalue weighted by Crippen LogP contribution is -2.26. The van der Waals surface area contributed by atoms with E-state index in [2.05, 4.69) is 55.5 Å². The Bertz CT molecular complexity index is 580. The van der Waals surface area contributed by atoms with Crippen molar-refractivity contribution in [3.63, 3.8) is 0 Å². The van der Waals surface area contributed by atoms with Gasteiger partial charge in [0.15, 0.2) is 0 Å². The van der Waals surface area contributed by atoms with Crippen LogP contribution < -0.4 is 5.73 Å². The normalized spacial score (nSPS) is 14.1. The summed E-state index contributed by atoms with van der Waals surface area (Å²) < 4.78 is 20.9. The second kappa shape index (κ2) is 26.3. The van der Waals surface area contributed by atoms with Crippen molar-refractivity contribution in [1.82, 2.24) is 0 Å². The molecule has 196 valence electrons. The summed E-state index contributed by atoms with van der Waals surface area (Å²) in [5.41, 5.74) is 5.37. The highest BCUT2D eigenvalue weighted by atomic mass is 31.2. The molecule has 0 saturated heterocycles. The number of esters is 1. The summed E-state index contributed by atoms with van der Waals surface area (Å²) in [6, 6.07) is 0. The molecule has 34 heavy (non-hydrogen) atoms. The van der Waals surface area contributed by atoms with Gasteiger partial charge in [-0.05, 0) is 44.9 Å². The molecular weight excluding hydrogens is 453 g/mol. The third kappa shape index (κ3) is 22.5. The number of allylic oxidation sites excluding steroid dienone is 8. The number of hydrogen-bond donors (Lipinski definition) is 2. The molecule has 0 aromatic heterocycles. The van der Waals surface area contributed by atoms with Crippen molar-refractivity contribution in [3.05, 3.63) is 48.6 Å². The van der Waals surface area contributed by atoms with Crippen LogP contribution in [0.3, 0.4) is 0 Å². The van der Waals surface area contributed by atoms with Crippen LogP contribution in [0.4, 0.5) is 0 Å². The second-order valence-corrected chi connectivity index (χ2v) is 8.93. The van der Waals surface area contributed by atoms with Gasteiger partial charge in [-0.15, -0.1) is 0 Å². The van der Waals surface area contributed by atoms with Gasteiger partial charge in [0.1, 0.15) is 6.10 Å². The van der Waals surface area contributed by atoms with Gasteiger partial charge in [-0.2, -0.15) is 0 Å². The molecule has 8 heteroatoms. The van der Waals surface area contributed by atoms with Crippen molar-refractivity contribution < 1.29 is 28.2 Å². The first kappa shape index (κ1) is 32.7. The number of nitrogens with two attached hydrogens (primary N) is 1. The Kier molecular flexibility index (Phi) is 25.2. The van der Waals surface area contributed by atoms with Crippen LogP contribution in [-0.2, 0) is 23.1 Å². The molecule has 0 spiro atoms. The zero-order valence-corrected chi connectivity index (χ0v) is 22.0. The van der Waals surface area contributed by atoms with Gasteiger partial charge in [-0.3, -0.25) is 4.79 Å². The van der Waals surface area contributed by atoms with Gasteiger partial charge in [0, 0.05) is 20.1 Å². The quantitative estimate of drug-likeness (QED) is 0.0781. The fraction of sp³-hybridized carbons (Fsp3) is 0.654. The summed E-state index contributed by atoms with van der Waals surface area (Å²) in [5, 5.41) is 9.38. The van der Waals surface area contributed by atoms with Gasteiger partial charge >= 0.3 is 14.6 Å². The van der Waals surface area contributed by atoms with E-state index in [1.54, 1.807) is 0 Å². The lowest BCUT2D eigenvalue weighted by atomic mass is 10.2. The van der Waals surface area contributed by atoms with Crippen LogP contribution in [0.2, 0.25) is 0 Å². The largest absolute Gasteiger partial charge is 0.457 e. The van der Waals surface area contributed by atoms with E-state index < -0.39 is 14.7 Å². The molecule has 0 heterocycles. The van der Waals surface area contributed by atoms with E-state index in [4.69, 9.17) is 24.0 Å². The van der Waals surface area contributed by atoms with E-state index in [1.165, 1.54) is 32.8 Å². The average molecular weight is 500 g/mol. The summed E-state index contributed by atoms with van der Waals surface area (Å²) in [7, 11) is -0.105. The molecule has 2 atom stereocenters. The van der Waals surface area contributed by atoms with E-state index in [0.717, 1.165) is 25.7 Å². The minimum atomic E-state index is -1.56. The van der Waals surface area contributed by atoms with E-state index in [0.29, 0.717) is 19.6 Å². The lowest BCUT2D eigenvalue weighted by molar-refractivity contribution is -0.153. The number of aliphatic hydroxyl groups excluding tert-OH is 1. The maximum atomic E-state index is 12.0. The van der Waals surface area contributed by atoms with Crippen molar-refractivity contribution in [2.45, 2.75) is 77.2 Å². The molecule has 2 unspecified atom stereocenters. The standard InChI is InChI=1S/C26H46NO6P/c1-3-4-5-6-7-8-9-10-11-12-13-14-15-16-17-18-19-20-26(29)33-25(23-28)24-32-34(30-2)31-22-21-27/h7-8,10-11,13-14,16-17,25,28H,3-6,9,12,15,18-24,27H2,1-2H3/b8-7-,11-10-,14-13-,17-16-. The Balaban J connectivity index is 3.79. The Morgan fingerprint density at radius 3 is 2.03 bits per heavy atom. The monoisotopic (exact) mass is 499 g/mol. The highest BCUT2D eigenvalue weighted by Crippen LogP contribution is 2.38. The van der Waals surface area contributed by atoms with Crippen molar-refractivity contribution in [2.75, 3.05) is 33.5 Å². The molecule has 0 aliphatic heterocycles. The molecule has 0 amide bonds. The molecule has 0 aromatic rings. The molecule has 0 aromatic carbocycles. The van der Waals surface area contributed by atoms with E-state index in [9.17, 15) is 9.90 Å². The van der Waals surface area contributed by atoms with Crippen molar-refractivity contribution in [2.24, 2.45) is 5.73 Å². The molecule has 0 aliphatic rings. The first-order chi connectivity index (χ1) is 16.7. The molecule has 3 N–H and O–H groups in total.